The molecule has 26 heavy (non-hydrogen) atoms. The molecule has 1 atom stereocenters. The molecule has 2 aliphatic heterocycles. The number of carbonyl (C=O) groups is 1. The van der Waals surface area contributed by atoms with Crippen molar-refractivity contribution >= 4 is 15.9 Å². The van der Waals surface area contributed by atoms with Gasteiger partial charge in [-0.1, -0.05) is 0 Å². The summed E-state index contributed by atoms with van der Waals surface area (Å²) in [5.41, 5.74) is -1.66. The van der Waals surface area contributed by atoms with Gasteiger partial charge in [0.1, 0.15) is 0 Å². The highest BCUT2D eigenvalue weighted by atomic mass is 32.2. The summed E-state index contributed by atoms with van der Waals surface area (Å²) in [6.07, 6.45) is 5.66. The third-order valence-corrected chi connectivity index (χ3v) is 6.98. The summed E-state index contributed by atoms with van der Waals surface area (Å²) in [7, 11) is -3.97. The number of H-pyrrole nitrogens is 2. The zero-order valence-corrected chi connectivity index (χ0v) is 15.4. The van der Waals surface area contributed by atoms with E-state index in [1.165, 1.54) is 4.31 Å². The molecule has 0 aromatic carbocycles. The Balaban J connectivity index is 1.64. The Morgan fingerprint density at radius 2 is 1.88 bits per heavy atom. The Kier molecular flexibility index (Phi) is 5.61. The maximum atomic E-state index is 12.7. The summed E-state index contributed by atoms with van der Waals surface area (Å²) in [5.74, 6) is 0.228. The molecule has 3 rings (SSSR count). The second kappa shape index (κ2) is 7.75. The van der Waals surface area contributed by atoms with Gasteiger partial charge in [0.15, 0.2) is 4.90 Å². The quantitative estimate of drug-likeness (QED) is 0.732. The standard InChI is InChI=1S/C16H24N4O5S/c21-14(19-7-1-2-8-19)6-5-12-4-3-9-20(11-12)26(24,25)13-10-17-16(23)18-15(13)22/h10,12H,1-9,11H2,(H2,17,18,22,23). The number of likely N-dealkylation sites (tertiary alicyclic amines) is 1. The molecule has 2 saturated heterocycles. The van der Waals surface area contributed by atoms with E-state index < -0.39 is 26.2 Å². The number of nitrogens with zero attached hydrogens (tertiary/aromatic N) is 2. The Hall–Kier alpha value is -1.94. The SMILES string of the molecule is O=C(CCC1CCCN(S(=O)(=O)c2c[nH]c(=O)[nH]c2=O)C1)N1CCCC1. The monoisotopic (exact) mass is 384 g/mol. The van der Waals surface area contributed by atoms with Crippen LogP contribution in [-0.4, -0.2) is 59.7 Å². The largest absolute Gasteiger partial charge is 0.343 e. The predicted octanol–water partition coefficient (Wildman–Crippen LogP) is -0.133. The minimum atomic E-state index is -3.97. The van der Waals surface area contributed by atoms with Gasteiger partial charge in [0, 0.05) is 38.8 Å². The van der Waals surface area contributed by atoms with Crippen molar-refractivity contribution in [3.05, 3.63) is 27.0 Å². The first-order valence-electron chi connectivity index (χ1n) is 8.98. The number of amides is 1. The molecule has 1 aromatic rings. The van der Waals surface area contributed by atoms with Crippen LogP contribution in [0, 0.1) is 5.92 Å². The first-order chi connectivity index (χ1) is 12.4. The van der Waals surface area contributed by atoms with Crippen molar-refractivity contribution in [3.8, 4) is 0 Å². The van der Waals surface area contributed by atoms with Crippen molar-refractivity contribution in [2.45, 2.75) is 43.4 Å². The van der Waals surface area contributed by atoms with Crippen molar-refractivity contribution < 1.29 is 13.2 Å². The molecule has 1 aromatic heterocycles. The van der Waals surface area contributed by atoms with Crippen LogP contribution in [0.5, 0.6) is 0 Å². The number of hydrogen-bond acceptors (Lipinski definition) is 5. The van der Waals surface area contributed by atoms with Gasteiger partial charge in [-0.15, -0.1) is 0 Å². The van der Waals surface area contributed by atoms with E-state index in [0.29, 0.717) is 25.8 Å². The molecule has 0 aliphatic carbocycles. The maximum absolute atomic E-state index is 12.7. The first-order valence-corrected chi connectivity index (χ1v) is 10.4. The lowest BCUT2D eigenvalue weighted by Gasteiger charge is -2.31. The van der Waals surface area contributed by atoms with Crippen molar-refractivity contribution in [2.24, 2.45) is 5.92 Å². The summed E-state index contributed by atoms with van der Waals surface area (Å²) in [6, 6.07) is 0. The van der Waals surface area contributed by atoms with Crippen molar-refractivity contribution in [1.29, 1.82) is 0 Å². The normalized spacial score (nSPS) is 21.8. The molecule has 0 saturated carbocycles. The molecule has 0 spiro atoms. The van der Waals surface area contributed by atoms with Gasteiger partial charge in [0.25, 0.3) is 5.56 Å². The summed E-state index contributed by atoms with van der Waals surface area (Å²) < 4.78 is 26.7. The average Bonchev–Trinajstić information content (AvgIpc) is 3.14. The number of piperidine rings is 1. The molecule has 0 radical (unpaired) electrons. The van der Waals surface area contributed by atoms with Crippen molar-refractivity contribution in [2.75, 3.05) is 26.2 Å². The molecule has 2 fully saturated rings. The van der Waals surface area contributed by atoms with Gasteiger partial charge in [0.2, 0.25) is 15.9 Å². The average molecular weight is 384 g/mol. The summed E-state index contributed by atoms with van der Waals surface area (Å²) >= 11 is 0. The van der Waals surface area contributed by atoms with E-state index in [4.69, 9.17) is 0 Å². The van der Waals surface area contributed by atoms with E-state index in [9.17, 15) is 22.8 Å². The van der Waals surface area contributed by atoms with Gasteiger partial charge >= 0.3 is 5.69 Å². The number of nitrogens with one attached hydrogen (secondary N) is 2. The smallest absolute Gasteiger partial charge is 0.325 e. The van der Waals surface area contributed by atoms with E-state index in [1.807, 2.05) is 9.88 Å². The first kappa shape index (κ1) is 18.8. The third-order valence-electron chi connectivity index (χ3n) is 5.11. The third kappa shape index (κ3) is 4.07. The fourth-order valence-electron chi connectivity index (χ4n) is 3.66. The van der Waals surface area contributed by atoms with Crippen LogP contribution in [0.3, 0.4) is 0 Å². The van der Waals surface area contributed by atoms with Gasteiger partial charge < -0.3 is 9.88 Å². The van der Waals surface area contributed by atoms with Crippen LogP contribution in [0.25, 0.3) is 0 Å². The Labute approximate surface area is 151 Å². The van der Waals surface area contributed by atoms with Crippen LogP contribution >= 0.6 is 0 Å². The second-order valence-corrected chi connectivity index (χ2v) is 8.84. The van der Waals surface area contributed by atoms with Gasteiger partial charge in [-0.05, 0) is 38.0 Å². The van der Waals surface area contributed by atoms with E-state index in [0.717, 1.165) is 38.5 Å². The molecule has 1 amide bonds. The molecule has 3 heterocycles. The van der Waals surface area contributed by atoms with Crippen molar-refractivity contribution in [1.82, 2.24) is 19.2 Å². The van der Waals surface area contributed by atoms with Gasteiger partial charge in [-0.3, -0.25) is 14.6 Å². The van der Waals surface area contributed by atoms with Gasteiger partial charge in [-0.25, -0.2) is 13.2 Å². The van der Waals surface area contributed by atoms with Crippen LogP contribution in [0.4, 0.5) is 0 Å². The topological polar surface area (TPSA) is 123 Å². The lowest BCUT2D eigenvalue weighted by Crippen LogP contribution is -2.42. The Bertz CT molecular complexity index is 869. The number of sulfonamides is 1. The van der Waals surface area contributed by atoms with Crippen LogP contribution in [0.1, 0.15) is 38.5 Å². The van der Waals surface area contributed by atoms with Crippen LogP contribution in [0.2, 0.25) is 0 Å². The Morgan fingerprint density at radius 1 is 1.15 bits per heavy atom. The number of carbonyl (C=O) groups excluding carboxylic acids is 1. The highest BCUT2D eigenvalue weighted by molar-refractivity contribution is 7.89. The molecule has 0 bridgehead atoms. The highest BCUT2D eigenvalue weighted by Gasteiger charge is 2.32. The zero-order chi connectivity index (χ0) is 18.7. The predicted molar refractivity (Wildman–Crippen MR) is 94.2 cm³/mol. The van der Waals surface area contributed by atoms with Crippen molar-refractivity contribution in [3.63, 3.8) is 0 Å². The van der Waals surface area contributed by atoms with Crippen LogP contribution in [-0.2, 0) is 14.8 Å². The van der Waals surface area contributed by atoms with Gasteiger partial charge in [-0.2, -0.15) is 4.31 Å². The molecule has 1 unspecified atom stereocenters. The number of aromatic nitrogens is 2. The number of rotatable bonds is 5. The minimum Gasteiger partial charge on any atom is -0.343 e. The molecular weight excluding hydrogens is 360 g/mol. The van der Waals surface area contributed by atoms with E-state index in [1.54, 1.807) is 0 Å². The summed E-state index contributed by atoms with van der Waals surface area (Å²) in [5, 5.41) is 0. The molecular formula is C16H24N4O5S. The lowest BCUT2D eigenvalue weighted by atomic mass is 9.94. The van der Waals surface area contributed by atoms with Crippen LogP contribution in [0.15, 0.2) is 20.7 Å². The Morgan fingerprint density at radius 3 is 2.58 bits per heavy atom. The maximum Gasteiger partial charge on any atom is 0.325 e. The lowest BCUT2D eigenvalue weighted by molar-refractivity contribution is -0.130. The van der Waals surface area contributed by atoms with E-state index >= 15 is 0 Å². The zero-order valence-electron chi connectivity index (χ0n) is 14.6. The number of aromatic amines is 2. The summed E-state index contributed by atoms with van der Waals surface area (Å²) in [4.78, 5) is 40.7. The molecule has 2 N–H and O–H groups in total. The highest BCUT2D eigenvalue weighted by Crippen LogP contribution is 2.25. The molecule has 2 aliphatic rings. The van der Waals surface area contributed by atoms with E-state index in [2.05, 4.69) is 4.98 Å². The van der Waals surface area contributed by atoms with Crippen LogP contribution < -0.4 is 11.2 Å². The van der Waals surface area contributed by atoms with Gasteiger partial charge in [0.05, 0.1) is 0 Å². The van der Waals surface area contributed by atoms with E-state index in [-0.39, 0.29) is 18.4 Å². The fourth-order valence-corrected chi connectivity index (χ4v) is 5.21. The molecule has 144 valence electrons. The molecule has 9 nitrogen and oxygen atoms in total. The second-order valence-electron chi connectivity index (χ2n) is 6.93. The number of hydrogen-bond donors (Lipinski definition) is 2. The minimum absolute atomic E-state index is 0.0897. The fraction of sp³-hybridized carbons (Fsp3) is 0.688. The summed E-state index contributed by atoms with van der Waals surface area (Å²) in [6.45, 7) is 2.25. The molecule has 10 heteroatoms.